The van der Waals surface area contributed by atoms with Crippen molar-refractivity contribution >= 4 is 60.2 Å². The zero-order valence-corrected chi connectivity index (χ0v) is 25.7. The van der Waals surface area contributed by atoms with Crippen molar-refractivity contribution in [3.63, 3.8) is 0 Å². The Hall–Kier alpha value is -1.84. The smallest absolute Gasteiger partial charge is 0.227 e. The molecule has 0 radical (unpaired) electrons. The molecular weight excluding hydrogens is 567 g/mol. The molecule has 0 amide bonds. The van der Waals surface area contributed by atoms with Gasteiger partial charge in [0.05, 0.1) is 6.33 Å². The number of benzene rings is 1. The second kappa shape index (κ2) is 15.4. The number of nitrogens with one attached hydrogen (secondary N) is 2. The van der Waals surface area contributed by atoms with Crippen LogP contribution in [0.15, 0.2) is 36.7 Å². The summed E-state index contributed by atoms with van der Waals surface area (Å²) >= 11 is 0. The first kappa shape index (κ1) is 32.7. The van der Waals surface area contributed by atoms with Crippen molar-refractivity contribution in [2.24, 2.45) is 11.7 Å². The molecule has 40 heavy (non-hydrogen) atoms. The second-order valence-corrected chi connectivity index (χ2v) is 11.5. The molecule has 2 aromatic heterocycles. The lowest BCUT2D eigenvalue weighted by molar-refractivity contribution is 0.210. The maximum Gasteiger partial charge on any atom is 0.227 e. The molecule has 3 fully saturated rings. The van der Waals surface area contributed by atoms with Crippen molar-refractivity contribution in [2.75, 3.05) is 23.8 Å². The van der Waals surface area contributed by atoms with Crippen LogP contribution >= 0.6 is 37.2 Å². The predicted octanol–water partition coefficient (Wildman–Crippen LogP) is 6.56. The van der Waals surface area contributed by atoms with E-state index in [2.05, 4.69) is 50.7 Å². The van der Waals surface area contributed by atoms with Gasteiger partial charge in [0, 0.05) is 31.2 Å². The lowest BCUT2D eigenvalue weighted by Crippen LogP contribution is -2.38. The van der Waals surface area contributed by atoms with E-state index in [9.17, 15) is 0 Å². The molecule has 222 valence electrons. The van der Waals surface area contributed by atoms with Crippen LogP contribution in [0.1, 0.15) is 82.2 Å². The lowest BCUT2D eigenvalue weighted by atomic mass is 9.91. The summed E-state index contributed by atoms with van der Waals surface area (Å²) in [6.45, 7) is 2.05. The number of hydrogen-bond acceptors (Lipinski definition) is 7. The van der Waals surface area contributed by atoms with Gasteiger partial charge in [-0.3, -0.25) is 0 Å². The number of anilines is 2. The molecule has 6 rings (SSSR count). The van der Waals surface area contributed by atoms with Crippen LogP contribution in [0.5, 0.6) is 0 Å². The van der Waals surface area contributed by atoms with Gasteiger partial charge in [-0.1, -0.05) is 43.2 Å². The van der Waals surface area contributed by atoms with E-state index in [-0.39, 0.29) is 37.2 Å². The molecule has 0 unspecified atom stereocenters. The van der Waals surface area contributed by atoms with E-state index >= 15 is 0 Å². The Bertz CT molecular complexity index is 1150. The predicted molar refractivity (Wildman–Crippen MR) is 171 cm³/mol. The number of hydrazine groups is 1. The Balaban J connectivity index is 0.00000147. The summed E-state index contributed by atoms with van der Waals surface area (Å²) in [5, 5.41) is 5.97. The van der Waals surface area contributed by atoms with Crippen molar-refractivity contribution in [3.8, 4) is 0 Å². The standard InChI is InChI=1S/C29H42N8.3ClH/c30-23-12-14-24(15-13-23)32-29-33-27(26-28(34-29)37(20-31-26)25-8-4-5-9-25)35-36-18-16-22(17-19-36)11-10-21-6-2-1-3-7-21;;;/h1-3,6-7,20,22-25H,4-5,8-19,30H2,(H2,32,33,34,35);3*1H/t23-,24-;;;. The van der Waals surface area contributed by atoms with Gasteiger partial charge in [0.2, 0.25) is 5.95 Å². The average molecular weight is 612 g/mol. The summed E-state index contributed by atoms with van der Waals surface area (Å²) < 4.78 is 2.30. The van der Waals surface area contributed by atoms with Crippen LogP contribution in [0.25, 0.3) is 11.2 Å². The quantitative estimate of drug-likeness (QED) is 0.265. The zero-order valence-electron chi connectivity index (χ0n) is 23.2. The first-order chi connectivity index (χ1) is 18.2. The minimum absolute atomic E-state index is 0. The van der Waals surface area contributed by atoms with Gasteiger partial charge in [0.25, 0.3) is 0 Å². The van der Waals surface area contributed by atoms with Crippen LogP contribution < -0.4 is 16.5 Å². The average Bonchev–Trinajstić information content (AvgIpc) is 3.61. The van der Waals surface area contributed by atoms with Crippen molar-refractivity contribution in [2.45, 2.75) is 95.2 Å². The number of nitrogens with two attached hydrogens (primary N) is 1. The largest absolute Gasteiger partial charge is 0.351 e. The molecule has 4 N–H and O–H groups in total. The van der Waals surface area contributed by atoms with Gasteiger partial charge in [-0.25, -0.2) is 9.99 Å². The Morgan fingerprint density at radius 3 is 2.25 bits per heavy atom. The van der Waals surface area contributed by atoms with Crippen LogP contribution in [-0.4, -0.2) is 49.7 Å². The molecule has 2 saturated carbocycles. The van der Waals surface area contributed by atoms with Gasteiger partial charge >= 0.3 is 0 Å². The summed E-state index contributed by atoms with van der Waals surface area (Å²) in [6.07, 6.45) is 16.1. The van der Waals surface area contributed by atoms with Gasteiger partial charge in [0.15, 0.2) is 17.0 Å². The van der Waals surface area contributed by atoms with Gasteiger partial charge in [-0.15, -0.1) is 37.2 Å². The molecule has 2 aliphatic carbocycles. The first-order valence-corrected chi connectivity index (χ1v) is 14.5. The van der Waals surface area contributed by atoms with Crippen LogP contribution in [0.2, 0.25) is 0 Å². The minimum Gasteiger partial charge on any atom is -0.351 e. The Morgan fingerprint density at radius 2 is 1.55 bits per heavy atom. The first-order valence-electron chi connectivity index (χ1n) is 14.5. The fraction of sp³-hybridized carbons (Fsp3) is 0.621. The van der Waals surface area contributed by atoms with Crippen molar-refractivity contribution < 1.29 is 0 Å². The Morgan fingerprint density at radius 1 is 0.850 bits per heavy atom. The van der Waals surface area contributed by atoms with Crippen molar-refractivity contribution in [3.05, 3.63) is 42.2 Å². The topological polar surface area (TPSA) is 96.9 Å². The van der Waals surface area contributed by atoms with E-state index in [1.165, 1.54) is 56.9 Å². The molecule has 1 aliphatic heterocycles. The lowest BCUT2D eigenvalue weighted by Gasteiger charge is -2.32. The molecule has 1 saturated heterocycles. The molecule has 11 heteroatoms. The van der Waals surface area contributed by atoms with Crippen LogP contribution in [0, 0.1) is 5.92 Å². The number of hydrogen-bond donors (Lipinski definition) is 3. The molecule has 3 aliphatic rings. The third kappa shape index (κ3) is 7.91. The van der Waals surface area contributed by atoms with Crippen LogP contribution in [0.3, 0.4) is 0 Å². The van der Waals surface area contributed by atoms with Gasteiger partial charge < -0.3 is 21.0 Å². The third-order valence-corrected chi connectivity index (χ3v) is 8.81. The molecule has 0 spiro atoms. The number of halogens is 3. The highest BCUT2D eigenvalue weighted by atomic mass is 35.5. The van der Waals surface area contributed by atoms with E-state index in [0.717, 1.165) is 61.7 Å². The number of rotatable bonds is 8. The highest BCUT2D eigenvalue weighted by molar-refractivity contribution is 5.86. The maximum atomic E-state index is 6.14. The molecule has 0 atom stereocenters. The molecule has 3 heterocycles. The summed E-state index contributed by atoms with van der Waals surface area (Å²) in [6, 6.07) is 12.1. The van der Waals surface area contributed by atoms with Gasteiger partial charge in [0.1, 0.15) is 0 Å². The van der Waals surface area contributed by atoms with Crippen molar-refractivity contribution in [1.29, 1.82) is 0 Å². The fourth-order valence-electron chi connectivity index (χ4n) is 6.45. The number of nitrogens with zero attached hydrogens (tertiary/aromatic N) is 5. The Labute approximate surface area is 256 Å². The van der Waals surface area contributed by atoms with Gasteiger partial charge in [-0.2, -0.15) is 9.97 Å². The summed E-state index contributed by atoms with van der Waals surface area (Å²) in [4.78, 5) is 14.8. The monoisotopic (exact) mass is 610 g/mol. The SMILES string of the molecule is Cl.Cl.Cl.N[C@H]1CC[C@H](Nc2nc(NN3CCC(CCc4ccccc4)CC3)c3ncn(C4CCCC4)c3n2)CC1. The fourth-order valence-corrected chi connectivity index (χ4v) is 6.45. The normalized spacial score (nSPS) is 22.2. The van der Waals surface area contributed by atoms with E-state index < -0.39 is 0 Å². The second-order valence-electron chi connectivity index (χ2n) is 11.5. The highest BCUT2D eigenvalue weighted by Crippen LogP contribution is 2.34. The molecule has 8 nitrogen and oxygen atoms in total. The number of aryl methyl sites for hydroxylation is 1. The van der Waals surface area contributed by atoms with Crippen LogP contribution in [0.4, 0.5) is 11.8 Å². The van der Waals surface area contributed by atoms with E-state index in [1.807, 2.05) is 6.33 Å². The number of fused-ring (bicyclic) bond motifs is 1. The minimum atomic E-state index is 0. The van der Waals surface area contributed by atoms with Gasteiger partial charge in [-0.05, 0) is 75.7 Å². The Kier molecular flexibility index (Phi) is 12.6. The molecule has 0 bridgehead atoms. The maximum absolute atomic E-state index is 6.14. The van der Waals surface area contributed by atoms with Crippen LogP contribution in [-0.2, 0) is 6.42 Å². The number of piperidine rings is 1. The number of aromatic nitrogens is 4. The summed E-state index contributed by atoms with van der Waals surface area (Å²) in [7, 11) is 0. The molecule has 3 aromatic rings. The molecular formula is C29H45Cl3N8. The summed E-state index contributed by atoms with van der Waals surface area (Å²) in [5.41, 5.74) is 13.1. The summed E-state index contributed by atoms with van der Waals surface area (Å²) in [5.74, 6) is 2.33. The highest BCUT2D eigenvalue weighted by Gasteiger charge is 2.25. The van der Waals surface area contributed by atoms with E-state index in [4.69, 9.17) is 20.7 Å². The molecule has 1 aromatic carbocycles. The van der Waals surface area contributed by atoms with E-state index in [1.54, 1.807) is 0 Å². The zero-order chi connectivity index (χ0) is 25.0. The number of imidazole rings is 1. The third-order valence-electron chi connectivity index (χ3n) is 8.81. The van der Waals surface area contributed by atoms with Crippen molar-refractivity contribution in [1.82, 2.24) is 24.5 Å². The van der Waals surface area contributed by atoms with E-state index in [0.29, 0.717) is 24.1 Å².